The number of nitrogens with one attached hydrogen (secondary N) is 1. The lowest BCUT2D eigenvalue weighted by Gasteiger charge is -2.14. The molecule has 1 atom stereocenters. The SMILES string of the molecule is Cc1ccc(C2Cc3ccc(Cl)c(C)c3N2)cc1C. The number of halogens is 1. The molecule has 98 valence electrons. The topological polar surface area (TPSA) is 12.0 Å². The summed E-state index contributed by atoms with van der Waals surface area (Å²) in [4.78, 5) is 0. The Balaban J connectivity index is 1.95. The zero-order valence-electron chi connectivity index (χ0n) is 11.5. The standard InChI is InChI=1S/C17H18ClN/c1-10-4-5-13(8-11(10)2)16-9-14-6-7-15(18)12(3)17(14)19-16/h4-8,16,19H,9H2,1-3H3. The first-order valence-corrected chi connectivity index (χ1v) is 7.05. The molecule has 0 fully saturated rings. The molecule has 2 aromatic carbocycles. The lowest BCUT2D eigenvalue weighted by atomic mass is 9.98. The lowest BCUT2D eigenvalue weighted by Crippen LogP contribution is -2.06. The van der Waals surface area contributed by atoms with Gasteiger partial charge in [0.05, 0.1) is 6.04 Å². The van der Waals surface area contributed by atoms with Gasteiger partial charge in [-0.05, 0) is 61.1 Å². The van der Waals surface area contributed by atoms with E-state index in [9.17, 15) is 0 Å². The molecule has 0 bridgehead atoms. The maximum absolute atomic E-state index is 6.19. The van der Waals surface area contributed by atoms with Gasteiger partial charge in [0.15, 0.2) is 0 Å². The minimum Gasteiger partial charge on any atom is -0.377 e. The van der Waals surface area contributed by atoms with Gasteiger partial charge in [0, 0.05) is 10.7 Å². The van der Waals surface area contributed by atoms with Gasteiger partial charge in [-0.25, -0.2) is 0 Å². The molecule has 2 heteroatoms. The Morgan fingerprint density at radius 2 is 1.84 bits per heavy atom. The van der Waals surface area contributed by atoms with E-state index in [0.29, 0.717) is 6.04 Å². The Kier molecular flexibility index (Phi) is 3.02. The highest BCUT2D eigenvalue weighted by atomic mass is 35.5. The second-order valence-electron chi connectivity index (χ2n) is 5.45. The quantitative estimate of drug-likeness (QED) is 0.772. The molecule has 1 N–H and O–H groups in total. The highest BCUT2D eigenvalue weighted by Crippen LogP contribution is 2.39. The first-order valence-electron chi connectivity index (χ1n) is 6.68. The number of rotatable bonds is 1. The lowest BCUT2D eigenvalue weighted by molar-refractivity contribution is 0.822. The van der Waals surface area contributed by atoms with E-state index in [1.54, 1.807) is 0 Å². The third kappa shape index (κ3) is 2.12. The Hall–Kier alpha value is -1.47. The number of hydrogen-bond acceptors (Lipinski definition) is 1. The minimum absolute atomic E-state index is 0.367. The van der Waals surface area contributed by atoms with Crippen LogP contribution in [0.1, 0.15) is 33.9 Å². The van der Waals surface area contributed by atoms with Gasteiger partial charge in [-0.15, -0.1) is 0 Å². The van der Waals surface area contributed by atoms with Crippen molar-refractivity contribution in [3.05, 3.63) is 63.2 Å². The van der Waals surface area contributed by atoms with Crippen LogP contribution in [0.4, 0.5) is 5.69 Å². The smallest absolute Gasteiger partial charge is 0.0555 e. The summed E-state index contributed by atoms with van der Waals surface area (Å²) in [6, 6.07) is 11.2. The van der Waals surface area contributed by atoms with Gasteiger partial charge in [-0.3, -0.25) is 0 Å². The predicted octanol–water partition coefficient (Wildman–Crippen LogP) is 4.97. The molecule has 1 aliphatic rings. The van der Waals surface area contributed by atoms with Gasteiger partial charge in [-0.2, -0.15) is 0 Å². The number of fused-ring (bicyclic) bond motifs is 1. The summed E-state index contributed by atoms with van der Waals surface area (Å²) < 4.78 is 0. The Bertz CT molecular complexity index is 646. The van der Waals surface area contributed by atoms with Crippen LogP contribution in [0.15, 0.2) is 30.3 Å². The largest absolute Gasteiger partial charge is 0.377 e. The molecule has 1 heterocycles. The zero-order chi connectivity index (χ0) is 13.6. The van der Waals surface area contributed by atoms with Gasteiger partial charge in [0.1, 0.15) is 0 Å². The maximum Gasteiger partial charge on any atom is 0.0555 e. The van der Waals surface area contributed by atoms with Crippen LogP contribution in [0.25, 0.3) is 0 Å². The monoisotopic (exact) mass is 271 g/mol. The van der Waals surface area contributed by atoms with E-state index >= 15 is 0 Å². The van der Waals surface area contributed by atoms with Crippen molar-refractivity contribution >= 4 is 17.3 Å². The first kappa shape index (κ1) is 12.6. The number of benzene rings is 2. The third-order valence-corrected chi connectivity index (χ3v) is 4.57. The fraction of sp³-hybridized carbons (Fsp3) is 0.294. The first-order chi connectivity index (χ1) is 9.06. The van der Waals surface area contributed by atoms with Crippen molar-refractivity contribution in [2.45, 2.75) is 33.2 Å². The van der Waals surface area contributed by atoms with E-state index in [2.05, 4.69) is 50.4 Å². The van der Waals surface area contributed by atoms with Crippen LogP contribution in [-0.2, 0) is 6.42 Å². The van der Waals surface area contributed by atoms with Crippen molar-refractivity contribution in [2.75, 3.05) is 5.32 Å². The highest BCUT2D eigenvalue weighted by Gasteiger charge is 2.24. The second-order valence-corrected chi connectivity index (χ2v) is 5.86. The van der Waals surface area contributed by atoms with Gasteiger partial charge in [0.25, 0.3) is 0 Å². The van der Waals surface area contributed by atoms with Crippen molar-refractivity contribution in [1.82, 2.24) is 0 Å². The minimum atomic E-state index is 0.367. The molecule has 0 radical (unpaired) electrons. The van der Waals surface area contributed by atoms with Crippen LogP contribution >= 0.6 is 11.6 Å². The summed E-state index contributed by atoms with van der Waals surface area (Å²) in [5, 5.41) is 4.46. The Labute approximate surface area is 119 Å². The summed E-state index contributed by atoms with van der Waals surface area (Å²) in [7, 11) is 0. The molecule has 0 aromatic heterocycles. The molecule has 0 amide bonds. The van der Waals surface area contributed by atoms with Gasteiger partial charge < -0.3 is 5.32 Å². The van der Waals surface area contributed by atoms with Crippen molar-refractivity contribution in [1.29, 1.82) is 0 Å². The van der Waals surface area contributed by atoms with Crippen LogP contribution in [0.5, 0.6) is 0 Å². The summed E-state index contributed by atoms with van der Waals surface area (Å²) >= 11 is 6.19. The van der Waals surface area contributed by atoms with Crippen LogP contribution in [0, 0.1) is 20.8 Å². The fourth-order valence-electron chi connectivity index (χ4n) is 2.74. The Morgan fingerprint density at radius 1 is 1.05 bits per heavy atom. The number of anilines is 1. The summed E-state index contributed by atoms with van der Waals surface area (Å²) in [6.07, 6.45) is 1.04. The summed E-state index contributed by atoms with van der Waals surface area (Å²) in [5.41, 5.74) is 7.80. The van der Waals surface area contributed by atoms with Crippen molar-refractivity contribution in [2.24, 2.45) is 0 Å². The summed E-state index contributed by atoms with van der Waals surface area (Å²) in [5.74, 6) is 0. The average molecular weight is 272 g/mol. The van der Waals surface area contributed by atoms with E-state index in [0.717, 1.165) is 17.0 Å². The van der Waals surface area contributed by atoms with Gasteiger partial charge in [-0.1, -0.05) is 35.9 Å². The van der Waals surface area contributed by atoms with E-state index < -0.39 is 0 Å². The highest BCUT2D eigenvalue weighted by molar-refractivity contribution is 6.31. The average Bonchev–Trinajstić information content (AvgIpc) is 2.82. The van der Waals surface area contributed by atoms with E-state index in [1.807, 2.05) is 6.07 Å². The molecular formula is C17H18ClN. The van der Waals surface area contributed by atoms with E-state index in [-0.39, 0.29) is 0 Å². The fourth-order valence-corrected chi connectivity index (χ4v) is 2.90. The van der Waals surface area contributed by atoms with E-state index in [4.69, 9.17) is 11.6 Å². The molecular weight excluding hydrogens is 254 g/mol. The molecule has 0 spiro atoms. The molecule has 1 nitrogen and oxygen atoms in total. The second kappa shape index (κ2) is 4.57. The zero-order valence-corrected chi connectivity index (χ0v) is 12.3. The molecule has 19 heavy (non-hydrogen) atoms. The van der Waals surface area contributed by atoms with Gasteiger partial charge >= 0.3 is 0 Å². The predicted molar refractivity (Wildman–Crippen MR) is 82.2 cm³/mol. The maximum atomic E-state index is 6.19. The van der Waals surface area contributed by atoms with Crippen LogP contribution < -0.4 is 5.32 Å². The normalized spacial score (nSPS) is 17.2. The number of aryl methyl sites for hydroxylation is 2. The molecule has 3 rings (SSSR count). The molecule has 0 saturated carbocycles. The number of hydrogen-bond donors (Lipinski definition) is 1. The van der Waals surface area contributed by atoms with Crippen LogP contribution in [0.3, 0.4) is 0 Å². The molecule has 1 aliphatic heterocycles. The van der Waals surface area contributed by atoms with Gasteiger partial charge in [0.2, 0.25) is 0 Å². The van der Waals surface area contributed by atoms with Crippen molar-refractivity contribution in [3.8, 4) is 0 Å². The van der Waals surface area contributed by atoms with Crippen LogP contribution in [0.2, 0.25) is 5.02 Å². The third-order valence-electron chi connectivity index (χ3n) is 4.16. The molecule has 0 aliphatic carbocycles. The molecule has 0 saturated heterocycles. The molecule has 1 unspecified atom stereocenters. The Morgan fingerprint density at radius 3 is 2.58 bits per heavy atom. The van der Waals surface area contributed by atoms with E-state index in [1.165, 1.54) is 27.9 Å². The summed E-state index contributed by atoms with van der Waals surface area (Å²) in [6.45, 7) is 6.40. The van der Waals surface area contributed by atoms with Crippen LogP contribution in [-0.4, -0.2) is 0 Å². The van der Waals surface area contributed by atoms with Crippen molar-refractivity contribution < 1.29 is 0 Å². The van der Waals surface area contributed by atoms with Crippen molar-refractivity contribution in [3.63, 3.8) is 0 Å². The molecule has 2 aromatic rings.